The number of ether oxygens (including phenoxy) is 1. The van der Waals surface area contributed by atoms with E-state index in [1.54, 1.807) is 45.2 Å². The highest BCUT2D eigenvalue weighted by Gasteiger charge is 2.31. The summed E-state index contributed by atoms with van der Waals surface area (Å²) in [5.41, 5.74) is 2.27. The number of hydrogen-bond acceptors (Lipinski definition) is 11. The van der Waals surface area contributed by atoms with Crippen molar-refractivity contribution in [2.75, 3.05) is 62.9 Å². The van der Waals surface area contributed by atoms with Gasteiger partial charge in [0.2, 0.25) is 11.9 Å². The van der Waals surface area contributed by atoms with Crippen molar-refractivity contribution >= 4 is 38.8 Å². The van der Waals surface area contributed by atoms with Gasteiger partial charge in [0.05, 0.1) is 28.6 Å². The van der Waals surface area contributed by atoms with E-state index in [1.165, 1.54) is 25.8 Å². The number of aromatic nitrogens is 3. The molecule has 1 aromatic heterocycles. The molecule has 0 bridgehead atoms. The number of likely N-dealkylation sites (N-methyl/N-ethyl adjacent to an activating group) is 1. The highest BCUT2D eigenvalue weighted by molar-refractivity contribution is 7.92. The first-order valence-electron chi connectivity index (χ1n) is 14.5. The third kappa shape index (κ3) is 6.61. The van der Waals surface area contributed by atoms with E-state index in [1.807, 2.05) is 12.1 Å². The summed E-state index contributed by atoms with van der Waals surface area (Å²) >= 11 is 0. The zero-order valence-electron chi connectivity index (χ0n) is 25.1. The number of para-hydroxylation sites is 1. The van der Waals surface area contributed by atoms with Crippen LogP contribution in [0, 0.1) is 0 Å². The molecule has 2 saturated heterocycles. The first-order chi connectivity index (χ1) is 20.2. The summed E-state index contributed by atoms with van der Waals surface area (Å²) in [5.74, 6) is 1.23. The number of sulfone groups is 1. The van der Waals surface area contributed by atoms with Crippen LogP contribution in [-0.4, -0.2) is 97.9 Å². The van der Waals surface area contributed by atoms with Crippen LogP contribution >= 0.6 is 0 Å². The molecule has 1 atom stereocenters. The van der Waals surface area contributed by atoms with Crippen molar-refractivity contribution in [2.45, 2.75) is 55.3 Å². The van der Waals surface area contributed by atoms with E-state index in [0.29, 0.717) is 29.5 Å². The van der Waals surface area contributed by atoms with Crippen molar-refractivity contribution in [1.82, 2.24) is 24.8 Å². The van der Waals surface area contributed by atoms with Gasteiger partial charge in [-0.3, -0.25) is 4.90 Å². The van der Waals surface area contributed by atoms with Crippen molar-refractivity contribution in [3.63, 3.8) is 0 Å². The third-order valence-corrected chi connectivity index (χ3v) is 10.5. The molecule has 2 aliphatic heterocycles. The molecule has 0 spiro atoms. The number of anilines is 5. The van der Waals surface area contributed by atoms with E-state index in [4.69, 9.17) is 4.74 Å². The lowest BCUT2D eigenvalue weighted by Crippen LogP contribution is -2.45. The minimum Gasteiger partial charge on any atom is -0.494 e. The largest absolute Gasteiger partial charge is 0.494 e. The van der Waals surface area contributed by atoms with E-state index < -0.39 is 15.1 Å². The SMILES string of the molecule is COc1cc(N2CCC(N3CC[C@H](N(C)C)C3)CC2)ccc1Nc1ncnc(Nc2ccccc2S(=O)(=O)C(C)C)n1. The van der Waals surface area contributed by atoms with Gasteiger partial charge in [-0.05, 0) is 71.5 Å². The van der Waals surface area contributed by atoms with Crippen LogP contribution in [0.25, 0.3) is 0 Å². The topological polar surface area (TPSA) is 116 Å². The molecule has 0 amide bonds. The van der Waals surface area contributed by atoms with E-state index >= 15 is 0 Å². The number of rotatable bonds is 10. The summed E-state index contributed by atoms with van der Waals surface area (Å²) in [6, 6.07) is 14.2. The standard InChI is InChI=1S/C30H42N8O3S/c1-21(2)42(39,40)28-9-7-6-8-26(28)34-30-32-20-31-29(35-30)33-25-11-10-23(18-27(25)41-5)37-15-12-22(13-16-37)38-17-14-24(19-38)36(3)4/h6-11,18,20-22,24H,12-17,19H2,1-5H3,(H2,31,32,33,34,35)/t24-/m0/s1. The molecule has 2 fully saturated rings. The summed E-state index contributed by atoms with van der Waals surface area (Å²) in [5, 5.41) is 5.72. The molecule has 2 N–H and O–H groups in total. The van der Waals surface area contributed by atoms with Gasteiger partial charge in [-0.25, -0.2) is 18.4 Å². The number of methoxy groups -OCH3 is 1. The summed E-state index contributed by atoms with van der Waals surface area (Å²) in [6.45, 7) is 7.71. The molecule has 2 aromatic carbocycles. The fraction of sp³-hybridized carbons (Fsp3) is 0.500. The first kappa shape index (κ1) is 30.0. The van der Waals surface area contributed by atoms with Crippen LogP contribution in [0.3, 0.4) is 0 Å². The molecule has 12 heteroatoms. The number of piperidine rings is 1. The quantitative estimate of drug-likeness (QED) is 0.353. The van der Waals surface area contributed by atoms with Gasteiger partial charge in [-0.2, -0.15) is 4.98 Å². The summed E-state index contributed by atoms with van der Waals surface area (Å²) in [6.07, 6.45) is 4.95. The van der Waals surface area contributed by atoms with E-state index in [9.17, 15) is 8.42 Å². The van der Waals surface area contributed by atoms with Gasteiger partial charge < -0.3 is 25.2 Å². The van der Waals surface area contributed by atoms with Crippen LogP contribution in [0.5, 0.6) is 5.75 Å². The van der Waals surface area contributed by atoms with Crippen LogP contribution in [0.4, 0.5) is 29.0 Å². The van der Waals surface area contributed by atoms with Gasteiger partial charge in [0.25, 0.3) is 0 Å². The maximum Gasteiger partial charge on any atom is 0.232 e. The maximum atomic E-state index is 12.8. The minimum absolute atomic E-state index is 0.203. The Kier molecular flexibility index (Phi) is 9.14. The fourth-order valence-electron chi connectivity index (χ4n) is 5.72. The van der Waals surface area contributed by atoms with Crippen molar-refractivity contribution in [2.24, 2.45) is 0 Å². The van der Waals surface area contributed by atoms with Crippen LogP contribution in [-0.2, 0) is 9.84 Å². The lowest BCUT2D eigenvalue weighted by Gasteiger charge is -2.38. The van der Waals surface area contributed by atoms with Crippen molar-refractivity contribution < 1.29 is 13.2 Å². The van der Waals surface area contributed by atoms with Crippen LogP contribution in [0.2, 0.25) is 0 Å². The Bertz CT molecular complexity index is 1470. The van der Waals surface area contributed by atoms with E-state index in [2.05, 4.69) is 60.4 Å². The molecule has 0 aliphatic carbocycles. The average molecular weight is 595 g/mol. The van der Waals surface area contributed by atoms with Gasteiger partial charge in [-0.1, -0.05) is 12.1 Å². The molecular weight excluding hydrogens is 552 g/mol. The zero-order valence-corrected chi connectivity index (χ0v) is 25.9. The second-order valence-corrected chi connectivity index (χ2v) is 13.9. The molecule has 42 heavy (non-hydrogen) atoms. The summed E-state index contributed by atoms with van der Waals surface area (Å²) in [4.78, 5) is 20.6. The van der Waals surface area contributed by atoms with Crippen molar-refractivity contribution in [1.29, 1.82) is 0 Å². The molecule has 0 saturated carbocycles. The highest BCUT2D eigenvalue weighted by Crippen LogP contribution is 2.34. The number of benzene rings is 2. The van der Waals surface area contributed by atoms with E-state index in [-0.39, 0.29) is 10.8 Å². The molecule has 226 valence electrons. The molecule has 3 heterocycles. The van der Waals surface area contributed by atoms with E-state index in [0.717, 1.165) is 37.3 Å². The van der Waals surface area contributed by atoms with Crippen molar-refractivity contribution in [3.05, 3.63) is 48.8 Å². The molecule has 2 aliphatic rings. The zero-order chi connectivity index (χ0) is 29.9. The van der Waals surface area contributed by atoms with Gasteiger partial charge in [0.15, 0.2) is 9.84 Å². The fourth-order valence-corrected chi connectivity index (χ4v) is 6.92. The number of nitrogens with one attached hydrogen (secondary N) is 2. The Morgan fingerprint density at radius 2 is 1.64 bits per heavy atom. The second-order valence-electron chi connectivity index (χ2n) is 11.5. The predicted molar refractivity (Wildman–Crippen MR) is 167 cm³/mol. The maximum absolute atomic E-state index is 12.8. The van der Waals surface area contributed by atoms with Crippen molar-refractivity contribution in [3.8, 4) is 5.75 Å². The van der Waals surface area contributed by atoms with Gasteiger partial charge in [0, 0.05) is 50.0 Å². The lowest BCUT2D eigenvalue weighted by atomic mass is 10.0. The summed E-state index contributed by atoms with van der Waals surface area (Å²) in [7, 11) is 2.52. The highest BCUT2D eigenvalue weighted by atomic mass is 32.2. The Labute approximate surface area is 249 Å². The van der Waals surface area contributed by atoms with Crippen LogP contribution in [0.15, 0.2) is 53.7 Å². The van der Waals surface area contributed by atoms with Gasteiger partial charge >= 0.3 is 0 Å². The molecule has 3 aromatic rings. The Morgan fingerprint density at radius 1 is 0.952 bits per heavy atom. The molecule has 5 rings (SSSR count). The monoisotopic (exact) mass is 594 g/mol. The predicted octanol–water partition coefficient (Wildman–Crippen LogP) is 4.15. The first-order valence-corrected chi connectivity index (χ1v) is 16.1. The lowest BCUT2D eigenvalue weighted by molar-refractivity contribution is 0.189. The Hall–Kier alpha value is -3.48. The van der Waals surface area contributed by atoms with Gasteiger partial charge in [0.1, 0.15) is 12.1 Å². The number of likely N-dealkylation sites (tertiary alicyclic amines) is 1. The molecular formula is C30H42N8O3S. The van der Waals surface area contributed by atoms with Crippen LogP contribution < -0.4 is 20.3 Å². The number of nitrogens with zero attached hydrogens (tertiary/aromatic N) is 6. The average Bonchev–Trinajstić information content (AvgIpc) is 3.49. The second kappa shape index (κ2) is 12.8. The molecule has 0 radical (unpaired) electrons. The molecule has 11 nitrogen and oxygen atoms in total. The smallest absolute Gasteiger partial charge is 0.232 e. The molecule has 0 unspecified atom stereocenters. The number of hydrogen-bond donors (Lipinski definition) is 2. The van der Waals surface area contributed by atoms with Gasteiger partial charge in [-0.15, -0.1) is 0 Å². The minimum atomic E-state index is -3.50. The van der Waals surface area contributed by atoms with Crippen LogP contribution in [0.1, 0.15) is 33.1 Å². The summed E-state index contributed by atoms with van der Waals surface area (Å²) < 4.78 is 31.4. The Morgan fingerprint density at radius 3 is 2.29 bits per heavy atom. The third-order valence-electron chi connectivity index (χ3n) is 8.34. The normalized spacial score (nSPS) is 18.5. The Balaban J connectivity index is 1.25.